The number of hydrogen-bond donors (Lipinski definition) is 1. The van der Waals surface area contributed by atoms with Crippen molar-refractivity contribution >= 4 is 22.2 Å². The fraction of sp³-hybridized carbons (Fsp3) is 0.400. The highest BCUT2D eigenvalue weighted by Gasteiger charge is 2.21. The second-order valence-electron chi connectivity index (χ2n) is 6.12. The molecule has 0 spiro atoms. The Balaban J connectivity index is 1.89. The molecular formula is C20H22N2O2S. The second kappa shape index (κ2) is 8.17. The molecule has 0 unspecified atom stereocenters. The SMILES string of the molecule is CCOc1ccccc1C(=O)Nc1sc2c(c1C#N)CCCCCC2. The molecule has 0 atom stereocenters. The molecule has 0 saturated heterocycles. The zero-order chi connectivity index (χ0) is 17.6. The van der Waals surface area contributed by atoms with E-state index in [1.807, 2.05) is 19.1 Å². The van der Waals surface area contributed by atoms with E-state index in [4.69, 9.17) is 4.74 Å². The van der Waals surface area contributed by atoms with Crippen LogP contribution in [0.3, 0.4) is 0 Å². The van der Waals surface area contributed by atoms with Crippen LogP contribution in [0.4, 0.5) is 5.00 Å². The number of nitrogens with one attached hydrogen (secondary N) is 1. The number of fused-ring (bicyclic) bond motifs is 1. The van der Waals surface area contributed by atoms with E-state index in [-0.39, 0.29) is 5.91 Å². The number of carbonyl (C=O) groups excluding carboxylic acids is 1. The largest absolute Gasteiger partial charge is 0.493 e. The van der Waals surface area contributed by atoms with Crippen LogP contribution in [0.2, 0.25) is 0 Å². The van der Waals surface area contributed by atoms with E-state index in [0.717, 1.165) is 31.2 Å². The van der Waals surface area contributed by atoms with E-state index < -0.39 is 0 Å². The van der Waals surface area contributed by atoms with E-state index in [0.29, 0.717) is 28.5 Å². The highest BCUT2D eigenvalue weighted by atomic mass is 32.1. The lowest BCUT2D eigenvalue weighted by Crippen LogP contribution is -2.13. The number of amides is 1. The number of carbonyl (C=O) groups is 1. The molecule has 25 heavy (non-hydrogen) atoms. The zero-order valence-electron chi connectivity index (χ0n) is 14.4. The highest BCUT2D eigenvalue weighted by molar-refractivity contribution is 7.16. The number of benzene rings is 1. The summed E-state index contributed by atoms with van der Waals surface area (Å²) in [5, 5.41) is 13.3. The van der Waals surface area contributed by atoms with Crippen LogP contribution in [0.25, 0.3) is 0 Å². The molecule has 1 amide bonds. The summed E-state index contributed by atoms with van der Waals surface area (Å²) in [6.07, 6.45) is 6.64. The van der Waals surface area contributed by atoms with Gasteiger partial charge in [-0.25, -0.2) is 0 Å². The summed E-state index contributed by atoms with van der Waals surface area (Å²) in [5.41, 5.74) is 2.28. The number of hydrogen-bond acceptors (Lipinski definition) is 4. The van der Waals surface area contributed by atoms with Gasteiger partial charge in [0.1, 0.15) is 16.8 Å². The molecule has 1 N–H and O–H groups in total. The van der Waals surface area contributed by atoms with Crippen molar-refractivity contribution in [1.82, 2.24) is 0 Å². The Morgan fingerprint density at radius 3 is 2.76 bits per heavy atom. The standard InChI is InChI=1S/C20H22N2O2S/c1-2-24-17-11-8-7-10-15(17)19(23)22-20-16(13-21)14-9-5-3-4-6-12-18(14)25-20/h7-8,10-11H,2-6,9,12H2,1H3,(H,22,23). The van der Waals surface area contributed by atoms with Gasteiger partial charge in [-0.3, -0.25) is 4.79 Å². The van der Waals surface area contributed by atoms with Crippen LogP contribution in [-0.2, 0) is 12.8 Å². The predicted molar refractivity (Wildman–Crippen MR) is 100 cm³/mol. The van der Waals surface area contributed by atoms with Crippen LogP contribution in [0.5, 0.6) is 5.75 Å². The van der Waals surface area contributed by atoms with Crippen LogP contribution in [-0.4, -0.2) is 12.5 Å². The molecule has 1 heterocycles. The average Bonchev–Trinajstić information content (AvgIpc) is 2.91. The smallest absolute Gasteiger partial charge is 0.260 e. The molecule has 0 aliphatic heterocycles. The molecule has 0 fully saturated rings. The predicted octanol–water partition coefficient (Wildman–Crippen LogP) is 4.93. The Hall–Kier alpha value is -2.32. The highest BCUT2D eigenvalue weighted by Crippen LogP contribution is 2.37. The van der Waals surface area contributed by atoms with Crippen LogP contribution in [0.15, 0.2) is 24.3 Å². The molecule has 0 radical (unpaired) electrons. The van der Waals surface area contributed by atoms with E-state index in [2.05, 4.69) is 11.4 Å². The van der Waals surface area contributed by atoms with Gasteiger partial charge in [-0.2, -0.15) is 5.26 Å². The maximum Gasteiger partial charge on any atom is 0.260 e. The summed E-state index contributed by atoms with van der Waals surface area (Å²) in [5.74, 6) is 0.339. The van der Waals surface area contributed by atoms with Crippen molar-refractivity contribution in [3.8, 4) is 11.8 Å². The molecule has 130 valence electrons. The van der Waals surface area contributed by atoms with Gasteiger partial charge in [0.2, 0.25) is 0 Å². The molecule has 1 aromatic carbocycles. The lowest BCUT2D eigenvalue weighted by molar-refractivity contribution is 0.102. The molecular weight excluding hydrogens is 332 g/mol. The van der Waals surface area contributed by atoms with Crippen LogP contribution < -0.4 is 10.1 Å². The number of thiophene rings is 1. The van der Waals surface area contributed by atoms with Crippen LogP contribution in [0, 0.1) is 11.3 Å². The average molecular weight is 354 g/mol. The normalized spacial score (nSPS) is 13.9. The van der Waals surface area contributed by atoms with Gasteiger partial charge in [0.15, 0.2) is 0 Å². The molecule has 1 aliphatic carbocycles. The van der Waals surface area contributed by atoms with Gasteiger partial charge in [0, 0.05) is 4.88 Å². The molecule has 1 aliphatic rings. The fourth-order valence-electron chi connectivity index (χ4n) is 3.23. The first-order chi connectivity index (χ1) is 12.2. The maximum absolute atomic E-state index is 12.7. The zero-order valence-corrected chi connectivity index (χ0v) is 15.2. The van der Waals surface area contributed by atoms with E-state index in [9.17, 15) is 10.1 Å². The molecule has 1 aromatic heterocycles. The van der Waals surface area contributed by atoms with Crippen LogP contribution in [0.1, 0.15) is 59.0 Å². The Bertz CT molecular complexity index is 805. The summed E-state index contributed by atoms with van der Waals surface area (Å²) in [6, 6.07) is 9.51. The van der Waals surface area contributed by atoms with Gasteiger partial charge in [-0.05, 0) is 50.3 Å². The van der Waals surface area contributed by atoms with Gasteiger partial charge in [-0.15, -0.1) is 11.3 Å². The molecule has 0 bridgehead atoms. The van der Waals surface area contributed by atoms with E-state index >= 15 is 0 Å². The summed E-state index contributed by atoms with van der Waals surface area (Å²) in [4.78, 5) is 14.0. The minimum atomic E-state index is -0.227. The van der Waals surface area contributed by atoms with Crippen molar-refractivity contribution in [2.45, 2.75) is 45.4 Å². The molecule has 4 nitrogen and oxygen atoms in total. The quantitative estimate of drug-likeness (QED) is 0.847. The number of ether oxygens (including phenoxy) is 1. The molecule has 5 heteroatoms. The Morgan fingerprint density at radius 2 is 2.00 bits per heavy atom. The minimum absolute atomic E-state index is 0.227. The van der Waals surface area contributed by atoms with Crippen molar-refractivity contribution < 1.29 is 9.53 Å². The number of nitriles is 1. The Labute approximate surface area is 152 Å². The number of anilines is 1. The molecule has 0 saturated carbocycles. The van der Waals surface area contributed by atoms with Crippen molar-refractivity contribution in [3.05, 3.63) is 45.8 Å². The topological polar surface area (TPSA) is 62.1 Å². The summed E-state index contributed by atoms with van der Waals surface area (Å²) in [7, 11) is 0. The van der Waals surface area contributed by atoms with E-state index in [1.54, 1.807) is 23.5 Å². The van der Waals surface area contributed by atoms with Gasteiger partial charge in [-0.1, -0.05) is 25.0 Å². The first-order valence-electron chi connectivity index (χ1n) is 8.82. The third kappa shape index (κ3) is 3.85. The first kappa shape index (κ1) is 17.5. The summed E-state index contributed by atoms with van der Waals surface area (Å²) < 4.78 is 5.54. The Morgan fingerprint density at radius 1 is 1.24 bits per heavy atom. The third-order valence-electron chi connectivity index (χ3n) is 4.44. The third-order valence-corrected chi connectivity index (χ3v) is 5.65. The van der Waals surface area contributed by atoms with Crippen molar-refractivity contribution in [1.29, 1.82) is 5.26 Å². The van der Waals surface area contributed by atoms with Gasteiger partial charge in [0.25, 0.3) is 5.91 Å². The number of aryl methyl sites for hydroxylation is 1. The number of rotatable bonds is 4. The lowest BCUT2D eigenvalue weighted by Gasteiger charge is -2.10. The van der Waals surface area contributed by atoms with Gasteiger partial charge < -0.3 is 10.1 Å². The number of para-hydroxylation sites is 1. The minimum Gasteiger partial charge on any atom is -0.493 e. The maximum atomic E-state index is 12.7. The fourth-order valence-corrected chi connectivity index (χ4v) is 4.47. The summed E-state index contributed by atoms with van der Waals surface area (Å²) >= 11 is 1.56. The van der Waals surface area contributed by atoms with Crippen LogP contribution >= 0.6 is 11.3 Å². The Kier molecular flexibility index (Phi) is 5.72. The van der Waals surface area contributed by atoms with Gasteiger partial charge >= 0.3 is 0 Å². The van der Waals surface area contributed by atoms with Gasteiger partial charge in [0.05, 0.1) is 17.7 Å². The lowest BCUT2D eigenvalue weighted by atomic mass is 9.97. The first-order valence-corrected chi connectivity index (χ1v) is 9.64. The van der Waals surface area contributed by atoms with E-state index in [1.165, 1.54) is 17.7 Å². The van der Waals surface area contributed by atoms with Crippen molar-refractivity contribution in [2.24, 2.45) is 0 Å². The van der Waals surface area contributed by atoms with Crippen molar-refractivity contribution in [2.75, 3.05) is 11.9 Å². The molecule has 3 rings (SSSR count). The van der Waals surface area contributed by atoms with Crippen molar-refractivity contribution in [3.63, 3.8) is 0 Å². The summed E-state index contributed by atoms with van der Waals surface area (Å²) in [6.45, 7) is 2.39. The second-order valence-corrected chi connectivity index (χ2v) is 7.22. The number of nitrogens with zero attached hydrogens (tertiary/aromatic N) is 1. The molecule has 2 aromatic rings. The monoisotopic (exact) mass is 354 g/mol.